The highest BCUT2D eigenvalue weighted by atomic mass is 35.5. The molecule has 0 spiro atoms. The smallest absolute Gasteiger partial charge is 0.243 e. The van der Waals surface area contributed by atoms with Crippen LogP contribution in [0.1, 0.15) is 30.5 Å². The summed E-state index contributed by atoms with van der Waals surface area (Å²) in [4.78, 5) is 28.3. The number of nitrogens with one attached hydrogen (secondary N) is 1. The van der Waals surface area contributed by atoms with Crippen LogP contribution in [-0.4, -0.2) is 22.8 Å². The van der Waals surface area contributed by atoms with Crippen molar-refractivity contribution in [2.24, 2.45) is 5.92 Å². The molecule has 32 heavy (non-hydrogen) atoms. The Balaban J connectivity index is 1.89. The van der Waals surface area contributed by atoms with E-state index in [9.17, 15) is 9.59 Å². The third-order valence-corrected chi connectivity index (χ3v) is 5.56. The molecule has 0 aliphatic carbocycles. The van der Waals surface area contributed by atoms with Gasteiger partial charge < -0.3 is 10.2 Å². The van der Waals surface area contributed by atoms with E-state index in [1.165, 1.54) is 0 Å². The lowest BCUT2D eigenvalue weighted by molar-refractivity contribution is -0.143. The lowest BCUT2D eigenvalue weighted by atomic mass is 10.0. The Kier molecular flexibility index (Phi) is 8.46. The van der Waals surface area contributed by atoms with Gasteiger partial charge in [-0.25, -0.2) is 0 Å². The van der Waals surface area contributed by atoms with Crippen molar-refractivity contribution in [3.05, 3.63) is 107 Å². The molecule has 3 aromatic carbocycles. The maximum absolute atomic E-state index is 13.4. The maximum Gasteiger partial charge on any atom is 0.243 e. The van der Waals surface area contributed by atoms with Crippen LogP contribution >= 0.6 is 11.6 Å². The van der Waals surface area contributed by atoms with Gasteiger partial charge in [-0.05, 0) is 28.8 Å². The van der Waals surface area contributed by atoms with Crippen molar-refractivity contribution >= 4 is 23.4 Å². The van der Waals surface area contributed by atoms with Gasteiger partial charge in [-0.3, -0.25) is 9.59 Å². The molecule has 0 aromatic heterocycles. The van der Waals surface area contributed by atoms with E-state index in [4.69, 9.17) is 11.6 Å². The fraction of sp³-hybridized carbons (Fsp3) is 0.259. The molecule has 0 fully saturated rings. The summed E-state index contributed by atoms with van der Waals surface area (Å²) >= 11 is 6.04. The van der Waals surface area contributed by atoms with Crippen LogP contribution in [0.5, 0.6) is 0 Å². The number of rotatable bonds is 9. The number of carbonyl (C=O) groups is 2. The van der Waals surface area contributed by atoms with Gasteiger partial charge in [0.2, 0.25) is 11.8 Å². The van der Waals surface area contributed by atoms with Crippen molar-refractivity contribution in [2.75, 3.05) is 0 Å². The SMILES string of the molecule is CC(C)C(=O)N(Cc1ccc(Cl)cc1)C(Cc1ccccc1)C(=O)NCc1ccccc1. The Morgan fingerprint density at radius 1 is 0.812 bits per heavy atom. The van der Waals surface area contributed by atoms with Crippen molar-refractivity contribution in [1.29, 1.82) is 0 Å². The van der Waals surface area contributed by atoms with Gasteiger partial charge in [0.25, 0.3) is 0 Å². The number of hydrogen-bond donors (Lipinski definition) is 1. The van der Waals surface area contributed by atoms with Crippen molar-refractivity contribution in [3.63, 3.8) is 0 Å². The van der Waals surface area contributed by atoms with E-state index in [-0.39, 0.29) is 17.7 Å². The second-order valence-corrected chi connectivity index (χ2v) is 8.59. The summed E-state index contributed by atoms with van der Waals surface area (Å²) in [7, 11) is 0. The predicted octanol–water partition coefficient (Wildman–Crippen LogP) is 5.25. The molecule has 0 bridgehead atoms. The van der Waals surface area contributed by atoms with E-state index < -0.39 is 6.04 Å². The fourth-order valence-electron chi connectivity index (χ4n) is 3.54. The largest absolute Gasteiger partial charge is 0.350 e. The summed E-state index contributed by atoms with van der Waals surface area (Å²) < 4.78 is 0. The summed E-state index contributed by atoms with van der Waals surface area (Å²) in [6.45, 7) is 4.47. The average molecular weight is 449 g/mol. The number of amides is 2. The molecule has 1 N–H and O–H groups in total. The highest BCUT2D eigenvalue weighted by Gasteiger charge is 2.31. The van der Waals surface area contributed by atoms with Gasteiger partial charge in [-0.15, -0.1) is 0 Å². The molecule has 3 aromatic rings. The predicted molar refractivity (Wildman–Crippen MR) is 129 cm³/mol. The van der Waals surface area contributed by atoms with Crippen LogP contribution in [0.4, 0.5) is 0 Å². The van der Waals surface area contributed by atoms with Gasteiger partial charge in [-0.2, -0.15) is 0 Å². The second-order valence-electron chi connectivity index (χ2n) is 8.16. The molecule has 0 aliphatic heterocycles. The van der Waals surface area contributed by atoms with Gasteiger partial charge in [0.15, 0.2) is 0 Å². The molecule has 1 unspecified atom stereocenters. The van der Waals surface area contributed by atoms with Gasteiger partial charge in [0.05, 0.1) is 0 Å². The molecule has 166 valence electrons. The van der Waals surface area contributed by atoms with E-state index in [0.717, 1.165) is 16.7 Å². The molecular weight excluding hydrogens is 420 g/mol. The quantitative estimate of drug-likeness (QED) is 0.486. The Morgan fingerprint density at radius 3 is 1.94 bits per heavy atom. The Bertz CT molecular complexity index is 1000. The minimum absolute atomic E-state index is 0.0595. The van der Waals surface area contributed by atoms with Crippen LogP contribution in [0, 0.1) is 5.92 Å². The summed E-state index contributed by atoms with van der Waals surface area (Å²) in [5.74, 6) is -0.459. The van der Waals surface area contributed by atoms with Crippen molar-refractivity contribution in [3.8, 4) is 0 Å². The zero-order valence-electron chi connectivity index (χ0n) is 18.5. The van der Waals surface area contributed by atoms with E-state index in [2.05, 4.69) is 5.32 Å². The normalized spacial score (nSPS) is 11.8. The van der Waals surface area contributed by atoms with Crippen molar-refractivity contribution in [1.82, 2.24) is 10.2 Å². The van der Waals surface area contributed by atoms with Crippen LogP contribution < -0.4 is 5.32 Å². The molecular formula is C27H29ClN2O2. The zero-order valence-corrected chi connectivity index (χ0v) is 19.3. The van der Waals surface area contributed by atoms with Crippen LogP contribution in [0.3, 0.4) is 0 Å². The summed E-state index contributed by atoms with van der Waals surface area (Å²) in [5.41, 5.74) is 2.95. The Hall–Kier alpha value is -3.11. The number of nitrogens with zero attached hydrogens (tertiary/aromatic N) is 1. The Morgan fingerprint density at radius 2 is 1.38 bits per heavy atom. The molecule has 0 aliphatic rings. The van der Waals surface area contributed by atoms with Crippen molar-refractivity contribution < 1.29 is 9.59 Å². The lowest BCUT2D eigenvalue weighted by Crippen LogP contribution is -2.51. The first kappa shape index (κ1) is 23.6. The highest BCUT2D eigenvalue weighted by molar-refractivity contribution is 6.30. The van der Waals surface area contributed by atoms with Crippen LogP contribution in [-0.2, 0) is 29.1 Å². The third-order valence-electron chi connectivity index (χ3n) is 5.30. The van der Waals surface area contributed by atoms with Crippen LogP contribution in [0.15, 0.2) is 84.9 Å². The zero-order chi connectivity index (χ0) is 22.9. The number of benzene rings is 3. The summed E-state index contributed by atoms with van der Waals surface area (Å²) in [6, 6.07) is 26.3. The van der Waals surface area contributed by atoms with Crippen LogP contribution in [0.2, 0.25) is 5.02 Å². The minimum atomic E-state index is -0.633. The van der Waals surface area contributed by atoms with Gasteiger partial charge in [-0.1, -0.05) is 98.2 Å². The summed E-state index contributed by atoms with van der Waals surface area (Å²) in [6.07, 6.45) is 0.438. The first-order chi connectivity index (χ1) is 15.4. The van der Waals surface area contributed by atoms with E-state index >= 15 is 0 Å². The van der Waals surface area contributed by atoms with Gasteiger partial charge >= 0.3 is 0 Å². The van der Waals surface area contributed by atoms with Crippen LogP contribution in [0.25, 0.3) is 0 Å². The lowest BCUT2D eigenvalue weighted by Gasteiger charge is -2.33. The fourth-order valence-corrected chi connectivity index (χ4v) is 3.67. The topological polar surface area (TPSA) is 49.4 Å². The average Bonchev–Trinajstić information content (AvgIpc) is 2.81. The van der Waals surface area contributed by atoms with Crippen molar-refractivity contribution in [2.45, 2.75) is 39.4 Å². The van der Waals surface area contributed by atoms with E-state index in [0.29, 0.717) is 24.5 Å². The minimum Gasteiger partial charge on any atom is -0.350 e. The number of hydrogen-bond acceptors (Lipinski definition) is 2. The monoisotopic (exact) mass is 448 g/mol. The standard InChI is InChI=1S/C27H29ClN2O2/c1-20(2)27(32)30(19-23-13-15-24(28)16-14-23)25(17-21-9-5-3-6-10-21)26(31)29-18-22-11-7-4-8-12-22/h3-16,20,25H,17-19H2,1-2H3,(H,29,31). The third kappa shape index (κ3) is 6.69. The number of halogens is 1. The van der Waals surface area contributed by atoms with Gasteiger partial charge in [0, 0.05) is 30.5 Å². The molecule has 1 atom stereocenters. The van der Waals surface area contributed by atoms with E-state index in [1.54, 1.807) is 17.0 Å². The number of carbonyl (C=O) groups excluding carboxylic acids is 2. The molecule has 3 rings (SSSR count). The molecule has 4 nitrogen and oxygen atoms in total. The molecule has 0 saturated carbocycles. The van der Waals surface area contributed by atoms with E-state index in [1.807, 2.05) is 86.6 Å². The Labute approximate surface area is 195 Å². The molecule has 0 radical (unpaired) electrons. The summed E-state index contributed by atoms with van der Waals surface area (Å²) in [5, 5.41) is 3.67. The molecule has 2 amide bonds. The molecule has 5 heteroatoms. The molecule has 0 saturated heterocycles. The second kappa shape index (κ2) is 11.5. The first-order valence-electron chi connectivity index (χ1n) is 10.8. The maximum atomic E-state index is 13.4. The molecule has 0 heterocycles. The van der Waals surface area contributed by atoms with Gasteiger partial charge in [0.1, 0.15) is 6.04 Å². The first-order valence-corrected chi connectivity index (χ1v) is 11.2. The highest BCUT2D eigenvalue weighted by Crippen LogP contribution is 2.19.